The van der Waals surface area contributed by atoms with Crippen molar-refractivity contribution in [1.29, 1.82) is 0 Å². The van der Waals surface area contributed by atoms with E-state index in [1.807, 2.05) is 0 Å². The van der Waals surface area contributed by atoms with Gasteiger partial charge in [-0.2, -0.15) is 0 Å². The van der Waals surface area contributed by atoms with Crippen LogP contribution in [0.3, 0.4) is 0 Å². The number of hydrogen-bond acceptors (Lipinski definition) is 2. The lowest BCUT2D eigenvalue weighted by molar-refractivity contribution is 0.162. The Hall–Kier alpha value is -0.0800. The lowest BCUT2D eigenvalue weighted by atomic mass is 9.97. The van der Waals surface area contributed by atoms with Crippen molar-refractivity contribution in [3.63, 3.8) is 0 Å². The smallest absolute Gasteiger partial charge is 0.0195 e. The van der Waals surface area contributed by atoms with E-state index in [0.717, 1.165) is 17.9 Å². The second-order valence-electron chi connectivity index (χ2n) is 6.29. The minimum absolute atomic E-state index is 0.745. The zero-order chi connectivity index (χ0) is 12.7. The van der Waals surface area contributed by atoms with E-state index in [1.54, 1.807) is 0 Å². The molecule has 0 saturated carbocycles. The number of hydrogen-bond donors (Lipinski definition) is 1. The predicted octanol–water partition coefficient (Wildman–Crippen LogP) is 3.13. The zero-order valence-electron chi connectivity index (χ0n) is 12.3. The maximum Gasteiger partial charge on any atom is 0.0195 e. The Morgan fingerprint density at radius 2 is 2.06 bits per heavy atom. The van der Waals surface area contributed by atoms with Gasteiger partial charge in [0.25, 0.3) is 0 Å². The Kier molecular flexibility index (Phi) is 7.14. The summed E-state index contributed by atoms with van der Waals surface area (Å²) in [7, 11) is 0. The van der Waals surface area contributed by atoms with Gasteiger partial charge in [0.1, 0.15) is 0 Å². The van der Waals surface area contributed by atoms with Crippen LogP contribution in [0.2, 0.25) is 0 Å². The van der Waals surface area contributed by atoms with Crippen molar-refractivity contribution in [2.75, 3.05) is 26.2 Å². The van der Waals surface area contributed by atoms with Crippen LogP contribution >= 0.6 is 0 Å². The van der Waals surface area contributed by atoms with Gasteiger partial charge in [-0.3, -0.25) is 0 Å². The van der Waals surface area contributed by atoms with Crippen LogP contribution in [-0.2, 0) is 0 Å². The van der Waals surface area contributed by atoms with E-state index in [4.69, 9.17) is 0 Å². The first-order chi connectivity index (χ1) is 8.11. The molecule has 1 saturated heterocycles. The first-order valence-electron chi connectivity index (χ1n) is 7.57. The standard InChI is InChI=1S/C15H32N2/c1-5-8-16-15-7-6-9-17(12-15)11-14(4)10-13(2)3/h13-16H,5-12H2,1-4H3. The molecule has 0 aromatic rings. The van der Waals surface area contributed by atoms with Gasteiger partial charge in [0, 0.05) is 19.1 Å². The molecule has 1 rings (SSSR count). The Morgan fingerprint density at radius 1 is 1.29 bits per heavy atom. The normalized spacial score (nSPS) is 24.2. The molecule has 1 aliphatic rings. The molecule has 1 aliphatic heterocycles. The van der Waals surface area contributed by atoms with E-state index in [9.17, 15) is 0 Å². The van der Waals surface area contributed by atoms with E-state index in [-0.39, 0.29) is 0 Å². The molecule has 17 heavy (non-hydrogen) atoms. The van der Waals surface area contributed by atoms with Gasteiger partial charge in [0.2, 0.25) is 0 Å². The monoisotopic (exact) mass is 240 g/mol. The molecule has 2 atom stereocenters. The molecule has 0 radical (unpaired) electrons. The highest BCUT2D eigenvalue weighted by Crippen LogP contribution is 2.16. The molecular weight excluding hydrogens is 208 g/mol. The molecule has 2 unspecified atom stereocenters. The van der Waals surface area contributed by atoms with Gasteiger partial charge in [0.05, 0.1) is 0 Å². The van der Waals surface area contributed by atoms with E-state index >= 15 is 0 Å². The summed E-state index contributed by atoms with van der Waals surface area (Å²) in [5.41, 5.74) is 0. The topological polar surface area (TPSA) is 15.3 Å². The maximum atomic E-state index is 3.67. The highest BCUT2D eigenvalue weighted by Gasteiger charge is 2.20. The molecule has 2 nitrogen and oxygen atoms in total. The molecule has 1 fully saturated rings. The van der Waals surface area contributed by atoms with Gasteiger partial charge in [0.15, 0.2) is 0 Å². The first-order valence-corrected chi connectivity index (χ1v) is 7.57. The molecule has 0 aromatic carbocycles. The fraction of sp³-hybridized carbons (Fsp3) is 1.00. The van der Waals surface area contributed by atoms with Gasteiger partial charge in [-0.1, -0.05) is 27.7 Å². The molecule has 1 N–H and O–H groups in total. The fourth-order valence-corrected chi connectivity index (χ4v) is 3.06. The second-order valence-corrected chi connectivity index (χ2v) is 6.29. The van der Waals surface area contributed by atoms with Gasteiger partial charge < -0.3 is 10.2 Å². The van der Waals surface area contributed by atoms with Gasteiger partial charge in [-0.15, -0.1) is 0 Å². The van der Waals surface area contributed by atoms with Gasteiger partial charge >= 0.3 is 0 Å². The third kappa shape index (κ3) is 6.42. The van der Waals surface area contributed by atoms with Crippen molar-refractivity contribution in [2.45, 2.75) is 59.4 Å². The summed E-state index contributed by atoms with van der Waals surface area (Å²) in [6.45, 7) is 14.4. The van der Waals surface area contributed by atoms with Crippen LogP contribution < -0.4 is 5.32 Å². The van der Waals surface area contributed by atoms with Crippen molar-refractivity contribution in [1.82, 2.24) is 10.2 Å². The Balaban J connectivity index is 2.24. The minimum Gasteiger partial charge on any atom is -0.313 e. The molecule has 0 spiro atoms. The number of piperidine rings is 1. The summed E-state index contributed by atoms with van der Waals surface area (Å²) in [6.07, 6.45) is 5.36. The largest absolute Gasteiger partial charge is 0.313 e. The van der Waals surface area contributed by atoms with Crippen LogP contribution in [0.25, 0.3) is 0 Å². The van der Waals surface area contributed by atoms with Crippen LogP contribution in [0.4, 0.5) is 0 Å². The molecular formula is C15H32N2. The van der Waals surface area contributed by atoms with Crippen molar-refractivity contribution in [3.05, 3.63) is 0 Å². The summed E-state index contributed by atoms with van der Waals surface area (Å²) in [4.78, 5) is 2.67. The summed E-state index contributed by atoms with van der Waals surface area (Å²) < 4.78 is 0. The first kappa shape index (κ1) is 15.0. The quantitative estimate of drug-likeness (QED) is 0.735. The van der Waals surface area contributed by atoms with E-state index in [0.29, 0.717) is 0 Å². The molecule has 2 heteroatoms. The lowest BCUT2D eigenvalue weighted by Crippen LogP contribution is -2.47. The zero-order valence-corrected chi connectivity index (χ0v) is 12.3. The van der Waals surface area contributed by atoms with Crippen molar-refractivity contribution in [3.8, 4) is 0 Å². The second kappa shape index (κ2) is 8.10. The highest BCUT2D eigenvalue weighted by molar-refractivity contribution is 4.79. The number of nitrogens with one attached hydrogen (secondary N) is 1. The molecule has 0 aromatic heterocycles. The van der Waals surface area contributed by atoms with Gasteiger partial charge in [-0.25, -0.2) is 0 Å². The summed E-state index contributed by atoms with van der Waals surface area (Å²) in [5.74, 6) is 1.68. The Morgan fingerprint density at radius 3 is 2.71 bits per heavy atom. The number of rotatable bonds is 7. The molecule has 0 bridgehead atoms. The third-order valence-corrected chi connectivity index (χ3v) is 3.63. The SMILES string of the molecule is CCCNC1CCCN(CC(C)CC(C)C)C1. The highest BCUT2D eigenvalue weighted by atomic mass is 15.2. The Labute approximate surface area is 108 Å². The van der Waals surface area contributed by atoms with E-state index < -0.39 is 0 Å². The molecule has 0 amide bonds. The average molecular weight is 240 g/mol. The van der Waals surface area contributed by atoms with Crippen LogP contribution in [0.15, 0.2) is 0 Å². The Bertz CT molecular complexity index is 191. The molecule has 102 valence electrons. The van der Waals surface area contributed by atoms with E-state index in [1.165, 1.54) is 51.9 Å². The van der Waals surface area contributed by atoms with Crippen molar-refractivity contribution < 1.29 is 0 Å². The summed E-state index contributed by atoms with van der Waals surface area (Å²) in [6, 6.07) is 0.745. The predicted molar refractivity (Wildman–Crippen MR) is 76.4 cm³/mol. The number of nitrogens with zero attached hydrogens (tertiary/aromatic N) is 1. The minimum atomic E-state index is 0.745. The van der Waals surface area contributed by atoms with Crippen molar-refractivity contribution >= 4 is 0 Å². The molecule has 0 aliphatic carbocycles. The third-order valence-electron chi connectivity index (χ3n) is 3.63. The van der Waals surface area contributed by atoms with Crippen molar-refractivity contribution in [2.24, 2.45) is 11.8 Å². The average Bonchev–Trinajstić information content (AvgIpc) is 2.25. The van der Waals surface area contributed by atoms with Gasteiger partial charge in [-0.05, 0) is 50.6 Å². The maximum absolute atomic E-state index is 3.67. The summed E-state index contributed by atoms with van der Waals surface area (Å²) >= 11 is 0. The number of likely N-dealkylation sites (tertiary alicyclic amines) is 1. The van der Waals surface area contributed by atoms with Crippen LogP contribution in [-0.4, -0.2) is 37.1 Å². The van der Waals surface area contributed by atoms with Crippen LogP contribution in [0.5, 0.6) is 0 Å². The van der Waals surface area contributed by atoms with Crippen LogP contribution in [0, 0.1) is 11.8 Å². The lowest BCUT2D eigenvalue weighted by Gasteiger charge is -2.35. The fourth-order valence-electron chi connectivity index (χ4n) is 3.06. The van der Waals surface area contributed by atoms with E-state index in [2.05, 4.69) is 37.9 Å². The summed E-state index contributed by atoms with van der Waals surface area (Å²) in [5, 5.41) is 3.67. The van der Waals surface area contributed by atoms with Crippen LogP contribution in [0.1, 0.15) is 53.4 Å². The molecule has 1 heterocycles.